The van der Waals surface area contributed by atoms with Gasteiger partial charge in [0.2, 0.25) is 0 Å². The van der Waals surface area contributed by atoms with Crippen molar-refractivity contribution in [2.75, 3.05) is 19.6 Å². The summed E-state index contributed by atoms with van der Waals surface area (Å²) in [6, 6.07) is 0.140. The first-order valence-electron chi connectivity index (χ1n) is 5.52. The minimum absolute atomic E-state index is 0.140. The maximum absolute atomic E-state index is 11.7. The summed E-state index contributed by atoms with van der Waals surface area (Å²) in [4.78, 5) is 0. The molecule has 0 aromatic heterocycles. The van der Waals surface area contributed by atoms with Gasteiger partial charge in [-0.2, -0.15) is 12.7 Å². The summed E-state index contributed by atoms with van der Waals surface area (Å²) in [5.41, 5.74) is 5.58. The first-order chi connectivity index (χ1) is 7.02. The standard InChI is InChI=1S/C9H21N3O2S/c1-9(10)5-4-6-11-15(13,14)12-7-2-3-8-12/h9,11H,2-8,10H2,1H3. The van der Waals surface area contributed by atoms with Gasteiger partial charge in [-0.1, -0.05) is 0 Å². The second-order valence-electron chi connectivity index (χ2n) is 4.13. The number of nitrogens with two attached hydrogens (primary N) is 1. The quantitative estimate of drug-likeness (QED) is 0.638. The SMILES string of the molecule is CC(N)CCCNS(=O)(=O)N1CCCC1. The number of rotatable bonds is 6. The lowest BCUT2D eigenvalue weighted by Gasteiger charge is -2.16. The third-order valence-electron chi connectivity index (χ3n) is 2.53. The second kappa shape index (κ2) is 5.79. The summed E-state index contributed by atoms with van der Waals surface area (Å²) in [5, 5.41) is 0. The summed E-state index contributed by atoms with van der Waals surface area (Å²) < 4.78 is 27.4. The van der Waals surface area contributed by atoms with Gasteiger partial charge in [-0.05, 0) is 32.6 Å². The smallest absolute Gasteiger partial charge is 0.279 e. The molecule has 0 aromatic rings. The van der Waals surface area contributed by atoms with Crippen LogP contribution in [-0.2, 0) is 10.2 Å². The lowest BCUT2D eigenvalue weighted by Crippen LogP contribution is -2.39. The number of nitrogens with one attached hydrogen (secondary N) is 1. The molecule has 1 unspecified atom stereocenters. The summed E-state index contributed by atoms with van der Waals surface area (Å²) >= 11 is 0. The molecule has 0 bridgehead atoms. The van der Waals surface area contributed by atoms with E-state index < -0.39 is 10.2 Å². The minimum atomic E-state index is -3.22. The Morgan fingerprint density at radius 1 is 1.40 bits per heavy atom. The lowest BCUT2D eigenvalue weighted by molar-refractivity contribution is 0.462. The maximum Gasteiger partial charge on any atom is 0.279 e. The molecule has 1 aliphatic rings. The fourth-order valence-electron chi connectivity index (χ4n) is 1.64. The largest absolute Gasteiger partial charge is 0.328 e. The highest BCUT2D eigenvalue weighted by Gasteiger charge is 2.24. The Bertz CT molecular complexity index is 271. The van der Waals surface area contributed by atoms with Crippen molar-refractivity contribution in [1.82, 2.24) is 9.03 Å². The molecule has 1 rings (SSSR count). The van der Waals surface area contributed by atoms with Crippen molar-refractivity contribution in [2.45, 2.75) is 38.6 Å². The molecule has 0 aliphatic carbocycles. The summed E-state index contributed by atoms with van der Waals surface area (Å²) in [6.45, 7) is 3.72. The van der Waals surface area contributed by atoms with E-state index in [0.717, 1.165) is 25.7 Å². The fraction of sp³-hybridized carbons (Fsp3) is 1.00. The van der Waals surface area contributed by atoms with Crippen molar-refractivity contribution in [3.63, 3.8) is 0 Å². The molecule has 0 spiro atoms. The van der Waals surface area contributed by atoms with Crippen molar-refractivity contribution in [1.29, 1.82) is 0 Å². The third-order valence-corrected chi connectivity index (χ3v) is 4.14. The van der Waals surface area contributed by atoms with E-state index >= 15 is 0 Å². The molecule has 0 aromatic carbocycles. The predicted octanol–water partition coefficient (Wildman–Crippen LogP) is 0.0440. The van der Waals surface area contributed by atoms with Gasteiger partial charge in [-0.15, -0.1) is 0 Å². The van der Waals surface area contributed by atoms with Gasteiger partial charge in [0.05, 0.1) is 0 Å². The van der Waals surface area contributed by atoms with Crippen LogP contribution < -0.4 is 10.5 Å². The Kier molecular flexibility index (Phi) is 4.98. The van der Waals surface area contributed by atoms with Crippen molar-refractivity contribution >= 4 is 10.2 Å². The van der Waals surface area contributed by atoms with Crippen LogP contribution in [0.1, 0.15) is 32.6 Å². The Balaban J connectivity index is 2.24. The first kappa shape index (κ1) is 12.9. The van der Waals surface area contributed by atoms with Crippen molar-refractivity contribution in [3.05, 3.63) is 0 Å². The van der Waals surface area contributed by atoms with E-state index in [9.17, 15) is 8.42 Å². The molecule has 1 fully saturated rings. The van der Waals surface area contributed by atoms with Crippen molar-refractivity contribution in [3.8, 4) is 0 Å². The molecule has 3 N–H and O–H groups in total. The molecule has 1 aliphatic heterocycles. The van der Waals surface area contributed by atoms with E-state index in [-0.39, 0.29) is 6.04 Å². The molecule has 1 heterocycles. The topological polar surface area (TPSA) is 75.4 Å². The van der Waals surface area contributed by atoms with Gasteiger partial charge in [-0.25, -0.2) is 4.72 Å². The third kappa shape index (κ3) is 4.46. The highest BCUT2D eigenvalue weighted by Crippen LogP contribution is 2.10. The van der Waals surface area contributed by atoms with Crippen LogP contribution in [0.25, 0.3) is 0 Å². The van der Waals surface area contributed by atoms with E-state index in [2.05, 4.69) is 4.72 Å². The van der Waals surface area contributed by atoms with Crippen LogP contribution in [0.15, 0.2) is 0 Å². The lowest BCUT2D eigenvalue weighted by atomic mass is 10.2. The minimum Gasteiger partial charge on any atom is -0.328 e. The summed E-state index contributed by atoms with van der Waals surface area (Å²) in [5.74, 6) is 0. The number of hydrogen-bond acceptors (Lipinski definition) is 3. The van der Waals surface area contributed by atoms with Gasteiger partial charge in [0.1, 0.15) is 0 Å². The average molecular weight is 235 g/mol. The number of hydrogen-bond donors (Lipinski definition) is 2. The molecule has 6 heteroatoms. The first-order valence-corrected chi connectivity index (χ1v) is 6.97. The van der Waals surface area contributed by atoms with Gasteiger partial charge in [-0.3, -0.25) is 0 Å². The molecule has 0 amide bonds. The van der Waals surface area contributed by atoms with Crippen LogP contribution in [0.2, 0.25) is 0 Å². The second-order valence-corrected chi connectivity index (χ2v) is 5.88. The molecule has 1 saturated heterocycles. The Labute approximate surface area is 92.2 Å². The van der Waals surface area contributed by atoms with E-state index in [0.29, 0.717) is 19.6 Å². The zero-order valence-corrected chi connectivity index (χ0v) is 10.1. The molecule has 0 radical (unpaired) electrons. The zero-order valence-electron chi connectivity index (χ0n) is 9.28. The molecule has 15 heavy (non-hydrogen) atoms. The predicted molar refractivity (Wildman–Crippen MR) is 60.6 cm³/mol. The van der Waals surface area contributed by atoms with Crippen molar-refractivity contribution < 1.29 is 8.42 Å². The molecule has 0 saturated carbocycles. The van der Waals surface area contributed by atoms with E-state index in [4.69, 9.17) is 5.73 Å². The van der Waals surface area contributed by atoms with Crippen LogP contribution in [0.3, 0.4) is 0 Å². The zero-order chi connectivity index (χ0) is 11.3. The van der Waals surface area contributed by atoms with Crippen molar-refractivity contribution in [2.24, 2.45) is 5.73 Å². The summed E-state index contributed by atoms with van der Waals surface area (Å²) in [7, 11) is -3.22. The fourth-order valence-corrected chi connectivity index (χ4v) is 2.97. The van der Waals surface area contributed by atoms with E-state index in [1.54, 1.807) is 0 Å². The van der Waals surface area contributed by atoms with Crippen LogP contribution in [0.4, 0.5) is 0 Å². The highest BCUT2D eigenvalue weighted by atomic mass is 32.2. The van der Waals surface area contributed by atoms with Gasteiger partial charge < -0.3 is 5.73 Å². The van der Waals surface area contributed by atoms with Crippen LogP contribution in [-0.4, -0.2) is 38.4 Å². The molecule has 90 valence electrons. The Hall–Kier alpha value is -0.170. The maximum atomic E-state index is 11.7. The highest BCUT2D eigenvalue weighted by molar-refractivity contribution is 7.87. The van der Waals surface area contributed by atoms with Gasteiger partial charge in [0.15, 0.2) is 0 Å². The van der Waals surface area contributed by atoms with Gasteiger partial charge >= 0.3 is 0 Å². The molecular formula is C9H21N3O2S. The van der Waals surface area contributed by atoms with Crippen LogP contribution in [0.5, 0.6) is 0 Å². The molecule has 5 nitrogen and oxygen atoms in total. The van der Waals surface area contributed by atoms with Gasteiger partial charge in [0, 0.05) is 25.7 Å². The van der Waals surface area contributed by atoms with Crippen LogP contribution >= 0.6 is 0 Å². The molecule has 1 atom stereocenters. The average Bonchev–Trinajstić information content (AvgIpc) is 2.65. The summed E-state index contributed by atoms with van der Waals surface area (Å²) in [6.07, 6.45) is 3.59. The normalized spacial score (nSPS) is 20.7. The molecular weight excluding hydrogens is 214 g/mol. The van der Waals surface area contributed by atoms with Gasteiger partial charge in [0.25, 0.3) is 10.2 Å². The van der Waals surface area contributed by atoms with E-state index in [1.165, 1.54) is 4.31 Å². The Morgan fingerprint density at radius 3 is 2.53 bits per heavy atom. The number of nitrogens with zero attached hydrogens (tertiary/aromatic N) is 1. The van der Waals surface area contributed by atoms with Crippen LogP contribution in [0, 0.1) is 0 Å². The Morgan fingerprint density at radius 2 is 2.00 bits per heavy atom. The monoisotopic (exact) mass is 235 g/mol. The van der Waals surface area contributed by atoms with E-state index in [1.807, 2.05) is 6.92 Å².